The van der Waals surface area contributed by atoms with Crippen molar-refractivity contribution in [2.45, 2.75) is 0 Å². The van der Waals surface area contributed by atoms with E-state index in [-0.39, 0.29) is 28.5 Å². The summed E-state index contributed by atoms with van der Waals surface area (Å²) < 4.78 is 68.4. The second kappa shape index (κ2) is 8.07. The monoisotopic (exact) mass is 340 g/mol. The summed E-state index contributed by atoms with van der Waals surface area (Å²) in [7, 11) is -5.17. The fraction of sp³-hybridized carbons (Fsp3) is 0. The van der Waals surface area contributed by atoms with E-state index in [1.165, 1.54) is 0 Å². The van der Waals surface area contributed by atoms with Crippen molar-refractivity contribution in [1.82, 2.24) is 6.15 Å². The van der Waals surface area contributed by atoms with Gasteiger partial charge in [-0.1, -0.05) is 0 Å². The number of hydrogen-bond acceptors (Lipinski definition) is 8. The van der Waals surface area contributed by atoms with E-state index in [1.54, 1.807) is 0 Å². The Morgan fingerprint density at radius 3 is 1.00 bits per heavy atom. The van der Waals surface area contributed by atoms with Gasteiger partial charge in [0.2, 0.25) is 0 Å². The van der Waals surface area contributed by atoms with Crippen LogP contribution in [0.4, 0.5) is 0 Å². The fourth-order valence-corrected chi connectivity index (χ4v) is 0. The van der Waals surface area contributed by atoms with Gasteiger partial charge in [0, 0.05) is 32.8 Å². The average molecular weight is 341 g/mol. The van der Waals surface area contributed by atoms with E-state index < -0.39 is 23.4 Å². The summed E-state index contributed by atoms with van der Waals surface area (Å²) in [6, 6.07) is 0. The molecule has 0 aromatic heterocycles. The molecule has 0 aromatic rings. The normalized spacial score (nSPS) is 9.58. The molecule has 0 aromatic carbocycles. The predicted octanol–water partition coefficient (Wildman–Crippen LogP) is -2.51. The second-order valence-electron chi connectivity index (χ2n) is 0.786. The molecule has 0 fully saturated rings. The molecule has 0 bridgehead atoms. The summed E-state index contributed by atoms with van der Waals surface area (Å²) in [4.78, 5) is 0. The van der Waals surface area contributed by atoms with E-state index >= 15 is 0 Å². The Labute approximate surface area is 85.0 Å². The Balaban J connectivity index is -0.0000000457. The fourth-order valence-electron chi connectivity index (χ4n) is 0. The Morgan fingerprint density at radius 2 is 1.00 bits per heavy atom. The molecule has 0 heterocycles. The van der Waals surface area contributed by atoms with E-state index in [9.17, 15) is 0 Å². The molecule has 0 aliphatic rings. The summed E-state index contributed by atoms with van der Waals surface area (Å²) in [5.41, 5.74) is 0. The molecule has 0 aliphatic heterocycles. The first-order valence-electron chi connectivity index (χ1n) is 1.28. The molecule has 9 nitrogen and oxygen atoms in total. The van der Waals surface area contributed by atoms with Crippen LogP contribution in [0.15, 0.2) is 0 Å². The molecule has 0 amide bonds. The molecule has 12 heavy (non-hydrogen) atoms. The van der Waals surface area contributed by atoms with Gasteiger partial charge in [-0.3, -0.25) is 8.42 Å². The first-order chi connectivity index (χ1) is 4.00. The molecule has 0 saturated carbocycles. The van der Waals surface area contributed by atoms with E-state index in [4.69, 9.17) is 33.2 Å². The Hall–Kier alpha value is 0.450. The van der Waals surface area contributed by atoms with Crippen LogP contribution in [-0.2, 0) is 57.3 Å². The number of rotatable bonds is 0. The van der Waals surface area contributed by atoms with E-state index in [2.05, 4.69) is 0 Å². The van der Waals surface area contributed by atoms with Crippen LogP contribution in [0.1, 0.15) is 0 Å². The van der Waals surface area contributed by atoms with Crippen LogP contribution in [0.25, 0.3) is 0 Å². The Kier molecular flexibility index (Phi) is 15.4. The molecule has 0 aliphatic carbocycles. The van der Waals surface area contributed by atoms with Crippen molar-refractivity contribution in [3.8, 4) is 0 Å². The van der Waals surface area contributed by atoms with Gasteiger partial charge < -0.3 is 15.3 Å². The van der Waals surface area contributed by atoms with Crippen LogP contribution in [0.2, 0.25) is 0 Å². The molecule has 12 heteroatoms. The zero-order chi connectivity index (χ0) is 9.00. The van der Waals surface area contributed by atoms with Gasteiger partial charge in [-0.05, 0) is 0 Å². The molecule has 0 rings (SSSR count). The first-order valence-corrected chi connectivity index (χ1v) is 4.54. The first kappa shape index (κ1) is 22.9. The van der Waals surface area contributed by atoms with Gasteiger partial charge in [0.1, 0.15) is 0 Å². The Bertz CT molecular complexity index is 294. The van der Waals surface area contributed by atoms with Crippen molar-refractivity contribution in [2.24, 2.45) is 0 Å². The van der Waals surface area contributed by atoms with E-state index in [0.29, 0.717) is 0 Å². The SMILES string of the molecule is O=S(=O)([O-])[O-].[Ag].[NH4+].[O]=[Mn](=[O])(=[O])[O-]. The summed E-state index contributed by atoms with van der Waals surface area (Å²) >= 11 is -5.62. The van der Waals surface area contributed by atoms with Gasteiger partial charge in [-0.25, -0.2) is 0 Å². The quantitative estimate of drug-likeness (QED) is 0.283. The molecule has 4 N–H and O–H groups in total. The molecular weight excluding hydrogens is 337 g/mol. The van der Waals surface area contributed by atoms with Crippen LogP contribution in [-0.4, -0.2) is 17.5 Å². The zero-order valence-electron chi connectivity index (χ0n) is 5.35. The molecule has 0 spiro atoms. The van der Waals surface area contributed by atoms with Crippen molar-refractivity contribution >= 4 is 10.4 Å². The molecule has 0 atom stereocenters. The standard InChI is InChI=1S/Ag.Mn.H3N.H2O4S.4O/c;;;1-5(2,3)4;;;;/h;;1H3;(H2,1,2,3,4);;;;/q;;;;;;;-1/p-1. The third kappa shape index (κ3) is 4610. The van der Waals surface area contributed by atoms with Gasteiger partial charge in [0.15, 0.2) is 0 Å². The molecule has 83 valence electrons. The third-order valence-electron chi connectivity index (χ3n) is 0. The maximum atomic E-state index is 8.58. The van der Waals surface area contributed by atoms with Crippen molar-refractivity contribution in [1.29, 1.82) is 0 Å². The third-order valence-corrected chi connectivity index (χ3v) is 0. The van der Waals surface area contributed by atoms with Crippen molar-refractivity contribution in [3.63, 3.8) is 0 Å². The van der Waals surface area contributed by atoms with Crippen molar-refractivity contribution in [3.05, 3.63) is 0 Å². The van der Waals surface area contributed by atoms with Crippen molar-refractivity contribution < 1.29 is 68.6 Å². The Morgan fingerprint density at radius 1 is 1.00 bits per heavy atom. The van der Waals surface area contributed by atoms with Gasteiger partial charge in [0.25, 0.3) is 0 Å². The molecule has 0 saturated heterocycles. The van der Waals surface area contributed by atoms with Crippen LogP contribution in [0.5, 0.6) is 0 Å². The number of hydrogen-bond donors (Lipinski definition) is 1. The molecule has 0 unspecified atom stereocenters. The van der Waals surface area contributed by atoms with Crippen molar-refractivity contribution in [2.75, 3.05) is 0 Å². The minimum absolute atomic E-state index is 0. The zero-order valence-corrected chi connectivity index (χ0v) is 8.83. The van der Waals surface area contributed by atoms with Gasteiger partial charge in [-0.2, -0.15) is 0 Å². The van der Waals surface area contributed by atoms with Crippen LogP contribution >= 0.6 is 0 Å². The maximum absolute atomic E-state index is 8.58. The topological polar surface area (TPSA) is 191 Å². The number of quaternary nitrogens is 1. The minimum atomic E-state index is -5.62. The van der Waals surface area contributed by atoms with Gasteiger partial charge in [0.05, 0.1) is 0 Å². The predicted molar refractivity (Wildman–Crippen MR) is 18.5 cm³/mol. The molecule has 1 radical (unpaired) electrons. The molecular formula is H4AgMnNO8S-2. The van der Waals surface area contributed by atoms with Crippen LogP contribution < -0.4 is 10.3 Å². The average Bonchev–Trinajstić information content (AvgIpc) is 1.12. The summed E-state index contributed by atoms with van der Waals surface area (Å²) in [5.74, 6) is 0. The summed E-state index contributed by atoms with van der Waals surface area (Å²) in [6.07, 6.45) is 0. The summed E-state index contributed by atoms with van der Waals surface area (Å²) in [6.45, 7) is 0. The van der Waals surface area contributed by atoms with E-state index in [0.717, 1.165) is 0 Å². The van der Waals surface area contributed by atoms with Crippen LogP contribution in [0.3, 0.4) is 0 Å². The van der Waals surface area contributed by atoms with E-state index in [1.807, 2.05) is 0 Å². The second-order valence-corrected chi connectivity index (χ2v) is 2.78. The summed E-state index contributed by atoms with van der Waals surface area (Å²) in [5, 5.41) is 0. The van der Waals surface area contributed by atoms with Crippen LogP contribution in [0, 0.1) is 0 Å². The van der Waals surface area contributed by atoms with Gasteiger partial charge >= 0.3 is 28.7 Å². The van der Waals surface area contributed by atoms with Gasteiger partial charge in [-0.15, -0.1) is 0 Å².